The maximum atomic E-state index is 15.0. The number of ketones is 1. The lowest BCUT2D eigenvalue weighted by Crippen LogP contribution is -2.49. The van der Waals surface area contributed by atoms with Crippen LogP contribution in [0.5, 0.6) is 11.6 Å². The number of aromatic nitrogens is 1. The summed E-state index contributed by atoms with van der Waals surface area (Å²) in [5.41, 5.74) is -0.640. The number of para-hydroxylation sites is 1. The van der Waals surface area contributed by atoms with Crippen LogP contribution in [0.3, 0.4) is 0 Å². The number of methoxy groups -OCH3 is 1. The predicted octanol–water partition coefficient (Wildman–Crippen LogP) is 6.82. The topological polar surface area (TPSA) is 177 Å². The molecule has 1 aromatic heterocycles. The Kier molecular flexibility index (Phi) is 14.6. The van der Waals surface area contributed by atoms with Crippen molar-refractivity contribution in [2.24, 2.45) is 28.6 Å². The molecule has 350 valence electrons. The molecular formula is C49H67N3O11S. The summed E-state index contributed by atoms with van der Waals surface area (Å²) < 4.78 is 58.1. The summed E-state index contributed by atoms with van der Waals surface area (Å²) in [4.78, 5) is 64.1. The molecule has 0 spiro atoms. The summed E-state index contributed by atoms with van der Waals surface area (Å²) in [6, 6.07) is 6.66. The zero-order valence-electron chi connectivity index (χ0n) is 38.2. The molecule has 7 rings (SSSR count). The average molecular weight is 906 g/mol. The first-order valence-electron chi connectivity index (χ1n) is 23.1. The molecule has 2 bridgehead atoms. The van der Waals surface area contributed by atoms with Gasteiger partial charge in [0, 0.05) is 38.4 Å². The Morgan fingerprint density at radius 2 is 1.83 bits per heavy atom. The van der Waals surface area contributed by atoms with Crippen LogP contribution in [-0.2, 0) is 49.8 Å². The van der Waals surface area contributed by atoms with Crippen molar-refractivity contribution in [2.45, 2.75) is 134 Å². The van der Waals surface area contributed by atoms with E-state index in [1.807, 2.05) is 45.0 Å². The fourth-order valence-electron chi connectivity index (χ4n) is 9.68. The normalized spacial score (nSPS) is 28.7. The average Bonchev–Trinajstić information content (AvgIpc) is 4.06. The number of hydrogen-bond acceptors (Lipinski definition) is 12. The van der Waals surface area contributed by atoms with Crippen molar-refractivity contribution in [2.75, 3.05) is 40.1 Å². The van der Waals surface area contributed by atoms with E-state index in [4.69, 9.17) is 28.7 Å². The van der Waals surface area contributed by atoms with E-state index in [0.717, 1.165) is 43.1 Å². The van der Waals surface area contributed by atoms with E-state index in [1.54, 1.807) is 20.1 Å². The van der Waals surface area contributed by atoms with E-state index in [-0.39, 0.29) is 50.2 Å². The van der Waals surface area contributed by atoms with Crippen LogP contribution in [0.4, 0.5) is 0 Å². The van der Waals surface area contributed by atoms with Crippen LogP contribution in [0, 0.1) is 28.6 Å². The maximum Gasteiger partial charge on any atom is 0.306 e. The number of carbonyl (C=O) groups excluding carboxylic acids is 4. The molecule has 0 unspecified atom stereocenters. The summed E-state index contributed by atoms with van der Waals surface area (Å²) in [6.07, 6.45) is 11.0. The Balaban J connectivity index is 1.24. The van der Waals surface area contributed by atoms with Crippen LogP contribution in [0.25, 0.3) is 10.9 Å². The number of hydrogen-bond donors (Lipinski definition) is 1. The van der Waals surface area contributed by atoms with Crippen molar-refractivity contribution in [3.63, 3.8) is 0 Å². The third-order valence-electron chi connectivity index (χ3n) is 14.2. The van der Waals surface area contributed by atoms with Crippen molar-refractivity contribution in [3.8, 4) is 11.6 Å². The Hall–Kier alpha value is -4.34. The lowest BCUT2D eigenvalue weighted by Gasteiger charge is -2.35. The van der Waals surface area contributed by atoms with Crippen molar-refractivity contribution >= 4 is 44.5 Å². The number of ether oxygens (including phenoxy) is 5. The summed E-state index contributed by atoms with van der Waals surface area (Å²) in [6.45, 7) is 13.0. The molecule has 3 heterocycles. The van der Waals surface area contributed by atoms with Gasteiger partial charge in [0.05, 0.1) is 66.0 Å². The highest BCUT2D eigenvalue weighted by Gasteiger charge is 2.62. The number of Topliss-reactive ketones (excluding diaryl/α,β-unsaturated/α-hetero) is 1. The van der Waals surface area contributed by atoms with Gasteiger partial charge < -0.3 is 28.6 Å². The van der Waals surface area contributed by atoms with Crippen LogP contribution < -0.4 is 14.2 Å². The Morgan fingerprint density at radius 1 is 1.05 bits per heavy atom. The zero-order chi connectivity index (χ0) is 45.9. The van der Waals surface area contributed by atoms with Gasteiger partial charge in [0.1, 0.15) is 18.0 Å². The first-order chi connectivity index (χ1) is 30.5. The number of fused-ring (bicyclic) bond motifs is 5. The van der Waals surface area contributed by atoms with Crippen LogP contribution in [0.15, 0.2) is 49.1 Å². The van der Waals surface area contributed by atoms with Gasteiger partial charge in [-0.3, -0.25) is 23.9 Å². The van der Waals surface area contributed by atoms with Gasteiger partial charge in [-0.2, -0.15) is 0 Å². The second-order valence-electron chi connectivity index (χ2n) is 19.9. The fraction of sp³-hybridized carbons (Fsp3) is 0.653. The van der Waals surface area contributed by atoms with Crippen molar-refractivity contribution < 1.29 is 51.3 Å². The monoisotopic (exact) mass is 905 g/mol. The number of carbonyl (C=O) groups is 4. The van der Waals surface area contributed by atoms with E-state index in [2.05, 4.69) is 23.5 Å². The summed E-state index contributed by atoms with van der Waals surface area (Å²) in [5.74, 6) is -2.06. The molecule has 2 aromatic rings. The molecule has 3 saturated carbocycles. The molecule has 7 atom stereocenters. The number of nitrogens with one attached hydrogen (secondary N) is 1. The number of amides is 2. The molecule has 14 nitrogen and oxygen atoms in total. The largest absolute Gasteiger partial charge is 0.492 e. The zero-order valence-corrected chi connectivity index (χ0v) is 39.1. The van der Waals surface area contributed by atoms with E-state index in [0.29, 0.717) is 69.3 Å². The highest BCUT2D eigenvalue weighted by molar-refractivity contribution is 7.91. The van der Waals surface area contributed by atoms with Gasteiger partial charge in [-0.05, 0) is 94.1 Å². The number of pyridine rings is 1. The highest BCUT2D eigenvalue weighted by atomic mass is 32.2. The van der Waals surface area contributed by atoms with Crippen LogP contribution in [0.1, 0.15) is 110 Å². The first kappa shape index (κ1) is 47.6. The van der Waals surface area contributed by atoms with E-state index in [9.17, 15) is 22.8 Å². The Bertz CT molecular complexity index is 2220. The SMILES string of the molecule is C=C[C@@H]1C[C@]1(CC(=O)[C@@H]1C[C@@H]2CN1C(=O)[C@H](C(C)(C)C)CC(=O)O[C@@H]1CCC[C@H]1CC/C=C/Cc1c(nc3ccccc3c1OCCCOCCOC)O2)C(=O)NS(=O)(=O)C1(C)CC1. The fourth-order valence-corrected chi connectivity index (χ4v) is 11.0. The molecule has 1 saturated heterocycles. The van der Waals surface area contributed by atoms with Crippen molar-refractivity contribution in [1.29, 1.82) is 0 Å². The third kappa shape index (κ3) is 10.5. The standard InChI is InChI=1S/C49H67N3O11S/c1-7-33-29-49(33,46(56)51-64(57,58)48(5)21-22-48)30-40(53)39-27-34-31-52(39)45(55)37(47(2,3)4)28-42(54)63-41-20-13-16-32(41)15-9-8-10-18-36-43(61-24-14-23-60-26-25-59-6)35-17-11-12-19-38(35)50-44(36)62-34/h7-8,10-12,17,19,32-34,37,39,41H,1,9,13-16,18,20-31H2,2-6H3,(H,51,56)/b10-8+/t32-,33-,34-,37-,39+,41-,49-/m1/s1. The molecule has 2 amide bonds. The van der Waals surface area contributed by atoms with Gasteiger partial charge in [0.15, 0.2) is 5.78 Å². The highest BCUT2D eigenvalue weighted by Crippen LogP contribution is 2.57. The molecule has 0 radical (unpaired) electrons. The molecule has 15 heteroatoms. The minimum atomic E-state index is -3.98. The predicted molar refractivity (Wildman–Crippen MR) is 241 cm³/mol. The number of rotatable bonds is 15. The van der Waals surface area contributed by atoms with Gasteiger partial charge in [0.25, 0.3) is 0 Å². The van der Waals surface area contributed by atoms with Crippen molar-refractivity contribution in [3.05, 3.63) is 54.6 Å². The molecular weight excluding hydrogens is 839 g/mol. The van der Waals surface area contributed by atoms with Gasteiger partial charge in [0.2, 0.25) is 27.7 Å². The molecule has 1 N–H and O–H groups in total. The lowest BCUT2D eigenvalue weighted by atomic mass is 9.77. The van der Waals surface area contributed by atoms with Crippen LogP contribution >= 0.6 is 0 Å². The number of allylic oxidation sites excluding steroid dienone is 3. The first-order valence-corrected chi connectivity index (χ1v) is 24.6. The van der Waals surface area contributed by atoms with Gasteiger partial charge in [-0.25, -0.2) is 13.4 Å². The van der Waals surface area contributed by atoms with Crippen molar-refractivity contribution in [1.82, 2.24) is 14.6 Å². The van der Waals surface area contributed by atoms with Crippen LogP contribution in [0.2, 0.25) is 0 Å². The number of nitrogens with zero attached hydrogens (tertiary/aromatic N) is 2. The van der Waals surface area contributed by atoms with Gasteiger partial charge in [-0.15, -0.1) is 6.58 Å². The minimum absolute atomic E-state index is 0.0111. The molecule has 1 aromatic carbocycles. The third-order valence-corrected chi connectivity index (χ3v) is 16.3. The Labute approximate surface area is 378 Å². The molecule has 3 aliphatic carbocycles. The van der Waals surface area contributed by atoms with E-state index >= 15 is 4.79 Å². The quantitative estimate of drug-likeness (QED) is 0.112. The number of esters is 1. The molecule has 2 aliphatic heterocycles. The molecule has 64 heavy (non-hydrogen) atoms. The number of benzene rings is 1. The van der Waals surface area contributed by atoms with Crippen LogP contribution in [-0.4, -0.2) is 105 Å². The van der Waals surface area contributed by atoms with Gasteiger partial charge >= 0.3 is 5.97 Å². The minimum Gasteiger partial charge on any atom is -0.492 e. The second-order valence-corrected chi connectivity index (χ2v) is 22.1. The summed E-state index contributed by atoms with van der Waals surface area (Å²) >= 11 is 0. The molecule has 5 aliphatic rings. The molecule has 4 fully saturated rings. The number of sulfonamides is 1. The smallest absolute Gasteiger partial charge is 0.306 e. The Morgan fingerprint density at radius 3 is 2.55 bits per heavy atom. The van der Waals surface area contributed by atoms with Gasteiger partial charge in [-0.1, -0.05) is 51.1 Å². The lowest BCUT2D eigenvalue weighted by molar-refractivity contribution is -0.158. The summed E-state index contributed by atoms with van der Waals surface area (Å²) in [7, 11) is -2.35. The van der Waals surface area contributed by atoms with E-state index in [1.165, 1.54) is 4.90 Å². The summed E-state index contributed by atoms with van der Waals surface area (Å²) in [5, 5.41) is 0.822. The maximum absolute atomic E-state index is 15.0. The van der Waals surface area contributed by atoms with E-state index < -0.39 is 67.2 Å². The second kappa shape index (κ2) is 19.6.